The number of nitrogens with two attached hydrogens (primary N) is 1. The summed E-state index contributed by atoms with van der Waals surface area (Å²) in [6.45, 7) is 4.54. The van der Waals surface area contributed by atoms with E-state index >= 15 is 0 Å². The molecular weight excluding hydrogens is 338 g/mol. The van der Waals surface area contributed by atoms with Crippen molar-refractivity contribution in [2.45, 2.75) is 26.8 Å². The Balaban J connectivity index is 2.27. The first-order valence-corrected chi connectivity index (χ1v) is 7.47. The van der Waals surface area contributed by atoms with Gasteiger partial charge in [-0.15, -0.1) is 0 Å². The highest BCUT2D eigenvalue weighted by atomic mass is 79.9. The van der Waals surface area contributed by atoms with Crippen LogP contribution in [-0.4, -0.2) is 32.1 Å². The zero-order valence-corrected chi connectivity index (χ0v) is 13.8. The summed E-state index contributed by atoms with van der Waals surface area (Å²) in [5.41, 5.74) is 8.21. The minimum Gasteiger partial charge on any atom is -0.461 e. The predicted octanol–water partition coefficient (Wildman–Crippen LogP) is 1.75. The molecule has 0 aliphatic rings. The Morgan fingerprint density at radius 2 is 2.14 bits per heavy atom. The second kappa shape index (κ2) is 6.30. The fraction of sp³-hybridized carbons (Fsp3) is 0.462. The quantitative estimate of drug-likeness (QED) is 0.825. The molecule has 0 unspecified atom stereocenters. The lowest BCUT2D eigenvalue weighted by Gasteiger charge is -2.03. The van der Waals surface area contributed by atoms with Gasteiger partial charge in [0.2, 0.25) is 0 Å². The first-order valence-electron chi connectivity index (χ1n) is 6.68. The van der Waals surface area contributed by atoms with Crippen LogP contribution in [0.2, 0.25) is 0 Å². The topological polar surface area (TPSA) is 88.0 Å². The Morgan fingerprint density at radius 3 is 2.71 bits per heavy atom. The molecule has 0 amide bonds. The zero-order chi connectivity index (χ0) is 15.6. The third kappa shape index (κ3) is 3.10. The summed E-state index contributed by atoms with van der Waals surface area (Å²) in [6.07, 6.45) is 2.46. The minimum atomic E-state index is -0.507. The number of nitrogens with zero attached hydrogens (tertiary/aromatic N) is 4. The summed E-state index contributed by atoms with van der Waals surface area (Å²) >= 11 is 3.55. The van der Waals surface area contributed by atoms with Crippen LogP contribution >= 0.6 is 15.9 Å². The average Bonchev–Trinajstić information content (AvgIpc) is 2.94. The highest BCUT2D eigenvalue weighted by Gasteiger charge is 2.18. The van der Waals surface area contributed by atoms with Crippen molar-refractivity contribution in [2.75, 3.05) is 12.3 Å². The molecule has 0 fully saturated rings. The van der Waals surface area contributed by atoms with Gasteiger partial charge in [0, 0.05) is 13.2 Å². The molecule has 7 nitrogen and oxygen atoms in total. The van der Waals surface area contributed by atoms with Gasteiger partial charge in [0.25, 0.3) is 0 Å². The summed E-state index contributed by atoms with van der Waals surface area (Å²) in [5, 5.41) is 8.62. The van der Waals surface area contributed by atoms with E-state index in [2.05, 4.69) is 26.1 Å². The second-order valence-corrected chi connectivity index (χ2v) is 5.33. The largest absolute Gasteiger partial charge is 0.461 e. The van der Waals surface area contributed by atoms with Crippen molar-refractivity contribution >= 4 is 27.6 Å². The summed E-state index contributed by atoms with van der Waals surface area (Å²) in [7, 11) is 1.87. The monoisotopic (exact) mass is 355 g/mol. The molecule has 0 saturated carbocycles. The Kier molecular flexibility index (Phi) is 4.66. The smallest absolute Gasteiger partial charge is 0.361 e. The molecule has 0 atom stereocenters. The van der Waals surface area contributed by atoms with Gasteiger partial charge in [0.1, 0.15) is 0 Å². The van der Waals surface area contributed by atoms with E-state index in [1.807, 2.05) is 14.0 Å². The number of aromatic nitrogens is 4. The van der Waals surface area contributed by atoms with Gasteiger partial charge in [-0.25, -0.2) is 4.79 Å². The molecule has 2 heterocycles. The normalized spacial score (nSPS) is 10.9. The zero-order valence-electron chi connectivity index (χ0n) is 12.3. The van der Waals surface area contributed by atoms with E-state index in [4.69, 9.17) is 10.5 Å². The first-order chi connectivity index (χ1) is 9.97. The van der Waals surface area contributed by atoms with Crippen molar-refractivity contribution in [1.82, 2.24) is 19.6 Å². The fourth-order valence-electron chi connectivity index (χ4n) is 2.02. The van der Waals surface area contributed by atoms with Crippen molar-refractivity contribution in [3.8, 4) is 0 Å². The number of anilines is 1. The number of carbonyl (C=O) groups is 1. The summed E-state index contributed by atoms with van der Waals surface area (Å²) < 4.78 is 9.29. The lowest BCUT2D eigenvalue weighted by atomic mass is 10.3. The average molecular weight is 356 g/mol. The van der Waals surface area contributed by atoms with Crippen molar-refractivity contribution in [2.24, 2.45) is 7.05 Å². The number of nitrogen functional groups attached to an aromatic ring is 1. The molecule has 0 saturated heterocycles. The van der Waals surface area contributed by atoms with Crippen LogP contribution in [0.3, 0.4) is 0 Å². The maximum atomic E-state index is 11.7. The molecule has 0 bridgehead atoms. The molecule has 0 aromatic carbocycles. The van der Waals surface area contributed by atoms with Gasteiger partial charge in [-0.2, -0.15) is 10.2 Å². The van der Waals surface area contributed by atoms with Crippen molar-refractivity contribution in [1.29, 1.82) is 0 Å². The van der Waals surface area contributed by atoms with Crippen LogP contribution in [0.25, 0.3) is 0 Å². The van der Waals surface area contributed by atoms with Crippen LogP contribution in [0.15, 0.2) is 10.7 Å². The Hall–Kier alpha value is -1.83. The van der Waals surface area contributed by atoms with Crippen LogP contribution in [-0.2, 0) is 24.8 Å². The van der Waals surface area contributed by atoms with Crippen LogP contribution in [0.4, 0.5) is 5.69 Å². The molecule has 2 rings (SSSR count). The molecule has 2 N–H and O–H groups in total. The molecule has 0 aliphatic heterocycles. The maximum absolute atomic E-state index is 11.7. The van der Waals surface area contributed by atoms with Gasteiger partial charge >= 0.3 is 5.97 Å². The summed E-state index contributed by atoms with van der Waals surface area (Å²) in [5.74, 6) is -0.507. The fourth-order valence-corrected chi connectivity index (χ4v) is 2.76. The Morgan fingerprint density at radius 1 is 1.43 bits per heavy atom. The number of rotatable bonds is 5. The van der Waals surface area contributed by atoms with Crippen LogP contribution in [0.5, 0.6) is 0 Å². The van der Waals surface area contributed by atoms with Crippen LogP contribution < -0.4 is 5.73 Å². The van der Waals surface area contributed by atoms with Crippen molar-refractivity contribution < 1.29 is 9.53 Å². The Labute approximate surface area is 131 Å². The van der Waals surface area contributed by atoms with E-state index in [9.17, 15) is 4.79 Å². The highest BCUT2D eigenvalue weighted by molar-refractivity contribution is 9.10. The van der Waals surface area contributed by atoms with E-state index in [-0.39, 0.29) is 12.3 Å². The third-order valence-electron chi connectivity index (χ3n) is 3.07. The van der Waals surface area contributed by atoms with Crippen molar-refractivity contribution in [3.05, 3.63) is 27.8 Å². The highest BCUT2D eigenvalue weighted by Crippen LogP contribution is 2.23. The summed E-state index contributed by atoms with van der Waals surface area (Å²) in [4.78, 5) is 11.7. The number of hydrogen-bond acceptors (Lipinski definition) is 5. The van der Waals surface area contributed by atoms with Gasteiger partial charge < -0.3 is 10.5 Å². The maximum Gasteiger partial charge on any atom is 0.361 e. The van der Waals surface area contributed by atoms with Crippen LogP contribution in [0.1, 0.15) is 35.7 Å². The van der Waals surface area contributed by atoms with E-state index in [1.54, 1.807) is 22.5 Å². The van der Waals surface area contributed by atoms with E-state index in [1.165, 1.54) is 0 Å². The Bertz CT molecular complexity index is 662. The number of esters is 1. The second-order valence-electron chi connectivity index (χ2n) is 4.54. The molecule has 0 spiro atoms. The van der Waals surface area contributed by atoms with E-state index in [0.717, 1.165) is 22.3 Å². The molecule has 8 heteroatoms. The van der Waals surface area contributed by atoms with Gasteiger partial charge in [-0.05, 0) is 29.3 Å². The lowest BCUT2D eigenvalue weighted by molar-refractivity contribution is 0.0519. The SMILES string of the molecule is CCOC(=O)c1nn(Cc2c(Br)c(CC)nn2C)cc1N. The number of halogens is 1. The number of carbonyl (C=O) groups excluding carboxylic acids is 1. The summed E-state index contributed by atoms with van der Waals surface area (Å²) in [6, 6.07) is 0. The van der Waals surface area contributed by atoms with Gasteiger partial charge in [-0.1, -0.05) is 6.92 Å². The molecule has 114 valence electrons. The van der Waals surface area contributed by atoms with Gasteiger partial charge in [0.05, 0.1) is 34.7 Å². The lowest BCUT2D eigenvalue weighted by Crippen LogP contribution is -2.10. The van der Waals surface area contributed by atoms with E-state index in [0.29, 0.717) is 12.2 Å². The number of aryl methyl sites for hydroxylation is 2. The minimum absolute atomic E-state index is 0.144. The number of ether oxygens (including phenoxy) is 1. The molecule has 0 radical (unpaired) electrons. The number of hydrogen-bond donors (Lipinski definition) is 1. The van der Waals surface area contributed by atoms with Crippen LogP contribution in [0, 0.1) is 0 Å². The molecule has 2 aromatic heterocycles. The van der Waals surface area contributed by atoms with E-state index < -0.39 is 5.97 Å². The molecule has 21 heavy (non-hydrogen) atoms. The predicted molar refractivity (Wildman–Crippen MR) is 82.0 cm³/mol. The molecule has 0 aliphatic carbocycles. The third-order valence-corrected chi connectivity index (χ3v) is 3.99. The van der Waals surface area contributed by atoms with Gasteiger partial charge in [0.15, 0.2) is 5.69 Å². The standard InChI is InChI=1S/C13H18BrN5O2/c1-4-9-11(14)10(18(3)16-9)7-19-6-8(15)12(17-19)13(20)21-5-2/h6H,4-5,7,15H2,1-3H3. The van der Waals surface area contributed by atoms with Crippen molar-refractivity contribution in [3.63, 3.8) is 0 Å². The first kappa shape index (κ1) is 15.6. The molecule has 2 aromatic rings. The molecular formula is C13H18BrN5O2. The van der Waals surface area contributed by atoms with Gasteiger partial charge in [-0.3, -0.25) is 9.36 Å².